The summed E-state index contributed by atoms with van der Waals surface area (Å²) >= 11 is 1.61. The van der Waals surface area contributed by atoms with Crippen molar-refractivity contribution in [3.05, 3.63) is 48.0 Å². The third kappa shape index (κ3) is 7.21. The van der Waals surface area contributed by atoms with Crippen molar-refractivity contribution < 1.29 is 14.3 Å². The molecular weight excluding hydrogens is 482 g/mol. The number of ether oxygens (including phenoxy) is 2. The number of fused-ring (bicyclic) bond motifs is 1. The molecule has 0 saturated heterocycles. The molecule has 0 aromatic heterocycles. The molecule has 1 atom stereocenters. The molecule has 4 rings (SSSR count). The lowest BCUT2D eigenvalue weighted by Crippen LogP contribution is -2.44. The Labute approximate surface area is 227 Å². The quantitative estimate of drug-likeness (QED) is 0.348. The van der Waals surface area contributed by atoms with E-state index in [2.05, 4.69) is 43.4 Å². The molecule has 1 aliphatic carbocycles. The molecule has 2 aromatic carbocycles. The normalized spacial score (nSPS) is 19.1. The van der Waals surface area contributed by atoms with Crippen molar-refractivity contribution in [3.8, 4) is 11.5 Å². The number of benzene rings is 2. The molecule has 0 radical (unpaired) electrons. The van der Waals surface area contributed by atoms with Gasteiger partial charge >= 0.3 is 0 Å². The van der Waals surface area contributed by atoms with Gasteiger partial charge in [-0.05, 0) is 90.1 Å². The van der Waals surface area contributed by atoms with Crippen molar-refractivity contribution >= 4 is 23.4 Å². The molecule has 1 unspecified atom stereocenters. The highest BCUT2D eigenvalue weighted by Gasteiger charge is 2.36. The van der Waals surface area contributed by atoms with Gasteiger partial charge in [0, 0.05) is 22.5 Å². The highest BCUT2D eigenvalue weighted by atomic mass is 32.2. The number of anilines is 1. The van der Waals surface area contributed by atoms with Gasteiger partial charge in [0.2, 0.25) is 5.91 Å². The molecule has 1 aliphatic heterocycles. The number of para-hydroxylation sites is 1. The molecule has 2 aliphatic rings. The van der Waals surface area contributed by atoms with Crippen molar-refractivity contribution in [3.63, 3.8) is 0 Å². The summed E-state index contributed by atoms with van der Waals surface area (Å²) in [6.45, 7) is 5.52. The van der Waals surface area contributed by atoms with Gasteiger partial charge in [0.1, 0.15) is 16.7 Å². The van der Waals surface area contributed by atoms with Crippen LogP contribution in [0, 0.1) is 0 Å². The van der Waals surface area contributed by atoms with E-state index in [1.54, 1.807) is 18.9 Å². The van der Waals surface area contributed by atoms with E-state index in [4.69, 9.17) is 9.47 Å². The van der Waals surface area contributed by atoms with Gasteiger partial charge in [-0.2, -0.15) is 0 Å². The first-order valence-corrected chi connectivity index (χ1v) is 14.6. The van der Waals surface area contributed by atoms with Crippen LogP contribution in [0.3, 0.4) is 0 Å². The minimum Gasteiger partial charge on any atom is -0.497 e. The summed E-state index contributed by atoms with van der Waals surface area (Å²) in [4.78, 5) is 19.1. The van der Waals surface area contributed by atoms with Crippen LogP contribution in [0.2, 0.25) is 0 Å². The average molecular weight is 526 g/mol. The third-order valence-electron chi connectivity index (χ3n) is 7.47. The largest absolute Gasteiger partial charge is 0.497 e. The number of nitrogens with zero attached hydrogens (tertiary/aromatic N) is 2. The molecule has 1 amide bonds. The van der Waals surface area contributed by atoms with Crippen LogP contribution in [0.5, 0.6) is 11.5 Å². The monoisotopic (exact) mass is 525 g/mol. The minimum atomic E-state index is -0.376. The SMILES string of the molecule is COc1ccc(OCCCNC2(C)CCCCC2)c(C2Sc3ccccc3N(CCCN(C)C)C2=O)c1. The first-order chi connectivity index (χ1) is 17.9. The van der Waals surface area contributed by atoms with Gasteiger partial charge in [0.05, 0.1) is 19.4 Å². The Bertz CT molecular complexity index is 1040. The molecule has 1 N–H and O–H groups in total. The number of rotatable bonds is 12. The average Bonchev–Trinajstić information content (AvgIpc) is 2.90. The second-order valence-corrected chi connectivity index (χ2v) is 11.9. The number of thioether (sulfide) groups is 1. The van der Waals surface area contributed by atoms with Gasteiger partial charge in [0.15, 0.2) is 0 Å². The molecule has 37 heavy (non-hydrogen) atoms. The van der Waals surface area contributed by atoms with E-state index in [9.17, 15) is 4.79 Å². The number of nitrogens with one attached hydrogen (secondary N) is 1. The van der Waals surface area contributed by atoms with Crippen molar-refractivity contribution in [1.82, 2.24) is 10.2 Å². The Morgan fingerprint density at radius 3 is 2.65 bits per heavy atom. The zero-order chi connectivity index (χ0) is 26.3. The van der Waals surface area contributed by atoms with Crippen LogP contribution in [-0.2, 0) is 4.79 Å². The minimum absolute atomic E-state index is 0.104. The lowest BCUT2D eigenvalue weighted by Gasteiger charge is -2.35. The van der Waals surface area contributed by atoms with Crippen LogP contribution in [0.15, 0.2) is 47.4 Å². The summed E-state index contributed by atoms with van der Waals surface area (Å²) in [5, 5.41) is 3.39. The number of carbonyl (C=O) groups excluding carboxylic acids is 1. The predicted octanol–water partition coefficient (Wildman–Crippen LogP) is 5.91. The van der Waals surface area contributed by atoms with E-state index in [0.717, 1.165) is 53.6 Å². The molecule has 202 valence electrons. The maximum absolute atomic E-state index is 13.9. The lowest BCUT2D eigenvalue weighted by atomic mass is 9.83. The Balaban J connectivity index is 1.47. The molecule has 7 heteroatoms. The summed E-state index contributed by atoms with van der Waals surface area (Å²) in [6, 6.07) is 14.0. The fourth-order valence-corrected chi connectivity index (χ4v) is 6.58. The summed E-state index contributed by atoms with van der Waals surface area (Å²) in [6.07, 6.45) is 8.34. The molecule has 1 heterocycles. The van der Waals surface area contributed by atoms with E-state index >= 15 is 0 Å². The molecule has 1 fully saturated rings. The topological polar surface area (TPSA) is 54.0 Å². The summed E-state index contributed by atoms with van der Waals surface area (Å²) in [5.74, 6) is 1.61. The van der Waals surface area contributed by atoms with E-state index in [1.165, 1.54) is 32.1 Å². The van der Waals surface area contributed by atoms with Crippen molar-refractivity contribution in [2.45, 2.75) is 67.6 Å². The molecular formula is C30H43N3O3S. The van der Waals surface area contributed by atoms with Gasteiger partial charge in [-0.15, -0.1) is 11.8 Å². The molecule has 0 spiro atoms. The molecule has 1 saturated carbocycles. The van der Waals surface area contributed by atoms with E-state index in [0.29, 0.717) is 13.2 Å². The summed E-state index contributed by atoms with van der Waals surface area (Å²) in [7, 11) is 5.79. The van der Waals surface area contributed by atoms with Gasteiger partial charge < -0.3 is 24.6 Å². The van der Waals surface area contributed by atoms with Crippen molar-refractivity contribution in [2.75, 3.05) is 52.3 Å². The summed E-state index contributed by atoms with van der Waals surface area (Å²) < 4.78 is 11.8. The zero-order valence-corrected chi connectivity index (χ0v) is 23.7. The van der Waals surface area contributed by atoms with Crippen LogP contribution < -0.4 is 19.7 Å². The van der Waals surface area contributed by atoms with E-state index in [1.807, 2.05) is 35.2 Å². The predicted molar refractivity (Wildman–Crippen MR) is 153 cm³/mol. The highest BCUT2D eigenvalue weighted by molar-refractivity contribution is 8.00. The number of carbonyl (C=O) groups is 1. The highest BCUT2D eigenvalue weighted by Crippen LogP contribution is 2.49. The van der Waals surface area contributed by atoms with Gasteiger partial charge in [0.25, 0.3) is 0 Å². The number of hydrogen-bond donors (Lipinski definition) is 1. The van der Waals surface area contributed by atoms with Crippen LogP contribution in [-0.4, -0.2) is 63.8 Å². The maximum atomic E-state index is 13.9. The van der Waals surface area contributed by atoms with E-state index in [-0.39, 0.29) is 16.7 Å². The first kappa shape index (κ1) is 27.8. The fourth-order valence-electron chi connectivity index (χ4n) is 5.33. The first-order valence-electron chi connectivity index (χ1n) is 13.7. The second kappa shape index (κ2) is 13.0. The van der Waals surface area contributed by atoms with Crippen LogP contribution in [0.25, 0.3) is 0 Å². The smallest absolute Gasteiger partial charge is 0.245 e. The molecule has 6 nitrogen and oxygen atoms in total. The summed E-state index contributed by atoms with van der Waals surface area (Å²) in [5.41, 5.74) is 2.15. The molecule has 2 aromatic rings. The number of hydrogen-bond acceptors (Lipinski definition) is 6. The maximum Gasteiger partial charge on any atom is 0.245 e. The van der Waals surface area contributed by atoms with Gasteiger partial charge in [-0.3, -0.25) is 4.79 Å². The Kier molecular flexibility index (Phi) is 9.79. The third-order valence-corrected chi connectivity index (χ3v) is 8.76. The van der Waals surface area contributed by atoms with Gasteiger partial charge in [-0.25, -0.2) is 0 Å². The van der Waals surface area contributed by atoms with Crippen LogP contribution >= 0.6 is 11.8 Å². The van der Waals surface area contributed by atoms with Crippen LogP contribution in [0.1, 0.15) is 62.7 Å². The number of methoxy groups -OCH3 is 1. The van der Waals surface area contributed by atoms with Crippen LogP contribution in [0.4, 0.5) is 5.69 Å². The van der Waals surface area contributed by atoms with Gasteiger partial charge in [-0.1, -0.05) is 31.4 Å². The van der Waals surface area contributed by atoms with Crippen molar-refractivity contribution in [1.29, 1.82) is 0 Å². The Morgan fingerprint density at radius 1 is 1.11 bits per heavy atom. The Morgan fingerprint density at radius 2 is 1.89 bits per heavy atom. The van der Waals surface area contributed by atoms with E-state index < -0.39 is 0 Å². The second-order valence-electron chi connectivity index (χ2n) is 10.8. The van der Waals surface area contributed by atoms with Crippen molar-refractivity contribution in [2.24, 2.45) is 0 Å². The zero-order valence-electron chi connectivity index (χ0n) is 22.9. The fraction of sp³-hybridized carbons (Fsp3) is 0.567. The number of amides is 1. The standard InChI is InChI=1S/C30H43N3O3S/c1-30(16-8-5-9-17-30)31-18-10-21-36-26-15-14-23(35-4)22-24(26)28-29(34)33(20-11-19-32(2)3)25-12-6-7-13-27(25)37-28/h6-7,12-15,22,28,31H,5,8-11,16-21H2,1-4H3. The molecule has 0 bridgehead atoms. The lowest BCUT2D eigenvalue weighted by molar-refractivity contribution is -0.118. The Hall–Kier alpha value is -2.22.